The molecule has 0 aromatic rings. The number of esters is 2. The van der Waals surface area contributed by atoms with Crippen molar-refractivity contribution in [1.82, 2.24) is 0 Å². The molecule has 5 heteroatoms. The summed E-state index contributed by atoms with van der Waals surface area (Å²) in [6, 6.07) is 0. The fourth-order valence-corrected chi connectivity index (χ4v) is 4.41. The number of cyclic esters (lactones) is 2. The van der Waals surface area contributed by atoms with Crippen molar-refractivity contribution in [2.24, 2.45) is 11.8 Å². The van der Waals surface area contributed by atoms with Crippen LogP contribution in [0.5, 0.6) is 0 Å². The minimum Gasteiger partial charge on any atom is -0.391 e. The van der Waals surface area contributed by atoms with Crippen LogP contribution in [0.4, 0.5) is 0 Å². The molecule has 1 aliphatic heterocycles. The second kappa shape index (κ2) is 2.32. The maximum atomic E-state index is 11.6. The van der Waals surface area contributed by atoms with Crippen molar-refractivity contribution in [3.05, 3.63) is 12.2 Å². The Kier molecular flexibility index (Phi) is 1.51. The van der Waals surface area contributed by atoms with Crippen LogP contribution in [0.3, 0.4) is 0 Å². The Morgan fingerprint density at radius 2 is 1.57 bits per heavy atom. The number of alkyl halides is 2. The van der Waals surface area contributed by atoms with Crippen molar-refractivity contribution in [1.29, 1.82) is 0 Å². The van der Waals surface area contributed by atoms with Gasteiger partial charge in [-0.25, -0.2) is 9.59 Å². The van der Waals surface area contributed by atoms with E-state index in [0.29, 0.717) is 0 Å². The fourth-order valence-electron chi connectivity index (χ4n) is 2.66. The average Bonchev–Trinajstić information content (AvgIpc) is 2.73. The summed E-state index contributed by atoms with van der Waals surface area (Å²) < 4.78 is 2.95. The molecule has 0 amide bonds. The smallest absolute Gasteiger partial charge is 0.333 e. The molecule has 0 aromatic heterocycles. The molecule has 14 heavy (non-hydrogen) atoms. The van der Waals surface area contributed by atoms with Gasteiger partial charge >= 0.3 is 11.9 Å². The van der Waals surface area contributed by atoms with Gasteiger partial charge in [0.15, 0.2) is 8.65 Å². The van der Waals surface area contributed by atoms with Crippen molar-refractivity contribution in [3.8, 4) is 0 Å². The minimum absolute atomic E-state index is 0.0609. The standard InChI is InChI=1S/C9H6Br2O3/c10-8-4-1-2-5(3-4)9(8,11)7(13)14-6(8)12/h1-2,4-5H,3H2. The highest BCUT2D eigenvalue weighted by Crippen LogP contribution is 2.65. The van der Waals surface area contributed by atoms with E-state index in [1.165, 1.54) is 0 Å². The number of ether oxygens (including phenoxy) is 1. The molecule has 0 spiro atoms. The molecule has 1 heterocycles. The lowest BCUT2D eigenvalue weighted by atomic mass is 9.84. The lowest BCUT2D eigenvalue weighted by molar-refractivity contribution is -0.153. The molecule has 3 nitrogen and oxygen atoms in total. The van der Waals surface area contributed by atoms with Crippen LogP contribution in [0.15, 0.2) is 12.2 Å². The van der Waals surface area contributed by atoms with E-state index in [1.807, 2.05) is 12.2 Å². The van der Waals surface area contributed by atoms with Crippen LogP contribution in [0, 0.1) is 11.8 Å². The van der Waals surface area contributed by atoms with Crippen LogP contribution in [0.1, 0.15) is 6.42 Å². The van der Waals surface area contributed by atoms with Gasteiger partial charge < -0.3 is 4.74 Å². The maximum absolute atomic E-state index is 11.6. The first-order valence-electron chi connectivity index (χ1n) is 4.34. The number of allylic oxidation sites excluding steroid dienone is 2. The predicted octanol–water partition coefficient (Wildman–Crippen LogP) is 1.54. The van der Waals surface area contributed by atoms with Crippen LogP contribution in [0.2, 0.25) is 0 Å². The van der Waals surface area contributed by atoms with E-state index >= 15 is 0 Å². The van der Waals surface area contributed by atoms with Gasteiger partial charge in [-0.15, -0.1) is 0 Å². The predicted molar refractivity (Wildman–Crippen MR) is 55.2 cm³/mol. The van der Waals surface area contributed by atoms with Gasteiger partial charge in [-0.2, -0.15) is 0 Å². The quantitative estimate of drug-likeness (QED) is 0.294. The van der Waals surface area contributed by atoms with Gasteiger partial charge in [-0.05, 0) is 6.42 Å². The lowest BCUT2D eigenvalue weighted by Gasteiger charge is -2.31. The van der Waals surface area contributed by atoms with Crippen molar-refractivity contribution in [2.75, 3.05) is 0 Å². The van der Waals surface area contributed by atoms with Crippen molar-refractivity contribution < 1.29 is 14.3 Å². The monoisotopic (exact) mass is 320 g/mol. The van der Waals surface area contributed by atoms with E-state index in [-0.39, 0.29) is 11.8 Å². The summed E-state index contributed by atoms with van der Waals surface area (Å²) in [4.78, 5) is 23.3. The van der Waals surface area contributed by atoms with Gasteiger partial charge in [0.05, 0.1) is 0 Å². The maximum Gasteiger partial charge on any atom is 0.333 e. The highest BCUT2D eigenvalue weighted by Gasteiger charge is 2.77. The summed E-state index contributed by atoms with van der Waals surface area (Å²) in [5, 5.41) is 0. The molecule has 2 bridgehead atoms. The Morgan fingerprint density at radius 1 is 1.14 bits per heavy atom. The van der Waals surface area contributed by atoms with Crippen LogP contribution in [0.25, 0.3) is 0 Å². The third kappa shape index (κ3) is 0.662. The number of carbonyl (C=O) groups excluding carboxylic acids is 2. The van der Waals surface area contributed by atoms with E-state index < -0.39 is 20.6 Å². The zero-order valence-electron chi connectivity index (χ0n) is 7.00. The van der Waals surface area contributed by atoms with Gasteiger partial charge in [0.2, 0.25) is 0 Å². The number of hydrogen-bond donors (Lipinski definition) is 0. The highest BCUT2D eigenvalue weighted by atomic mass is 79.9. The molecule has 2 fully saturated rings. The molecule has 0 N–H and O–H groups in total. The zero-order chi connectivity index (χ0) is 10.1. The summed E-state index contributed by atoms with van der Waals surface area (Å²) in [5.41, 5.74) is 0. The first-order chi connectivity index (χ1) is 6.51. The Morgan fingerprint density at radius 3 is 2.00 bits per heavy atom. The number of halogens is 2. The SMILES string of the molecule is O=C1OC(=O)C2(Br)C3C=CC(C3)C12Br. The highest BCUT2D eigenvalue weighted by molar-refractivity contribution is 9.13. The number of fused-ring (bicyclic) bond motifs is 5. The largest absolute Gasteiger partial charge is 0.391 e. The van der Waals surface area contributed by atoms with Crippen molar-refractivity contribution in [2.45, 2.75) is 15.1 Å². The third-order valence-electron chi connectivity index (χ3n) is 3.41. The molecule has 0 aromatic carbocycles. The van der Waals surface area contributed by atoms with Crippen LogP contribution in [-0.4, -0.2) is 20.6 Å². The molecule has 74 valence electrons. The van der Waals surface area contributed by atoms with Crippen molar-refractivity contribution >= 4 is 43.8 Å². The topological polar surface area (TPSA) is 43.4 Å². The van der Waals surface area contributed by atoms with E-state index in [1.54, 1.807) is 0 Å². The number of hydrogen-bond acceptors (Lipinski definition) is 3. The fraction of sp³-hybridized carbons (Fsp3) is 0.556. The average molecular weight is 322 g/mol. The zero-order valence-corrected chi connectivity index (χ0v) is 10.2. The first-order valence-corrected chi connectivity index (χ1v) is 5.92. The van der Waals surface area contributed by atoms with Crippen LogP contribution in [-0.2, 0) is 14.3 Å². The van der Waals surface area contributed by atoms with Crippen LogP contribution < -0.4 is 0 Å². The normalized spacial score (nSPS) is 53.9. The Bertz CT molecular complexity index is 358. The van der Waals surface area contributed by atoms with Crippen molar-refractivity contribution in [3.63, 3.8) is 0 Å². The first kappa shape index (κ1) is 9.09. The van der Waals surface area contributed by atoms with Gasteiger partial charge in [0.1, 0.15) is 0 Å². The molecule has 1 saturated heterocycles. The minimum atomic E-state index is -0.878. The molecule has 0 radical (unpaired) electrons. The molecule has 2 aliphatic carbocycles. The lowest BCUT2D eigenvalue weighted by Crippen LogP contribution is -2.50. The van der Waals surface area contributed by atoms with E-state index in [0.717, 1.165) is 6.42 Å². The summed E-state index contributed by atoms with van der Waals surface area (Å²) in [7, 11) is 0. The Hall–Kier alpha value is -0.160. The van der Waals surface area contributed by atoms with Gasteiger partial charge in [-0.1, -0.05) is 44.0 Å². The molecule has 1 saturated carbocycles. The number of carbonyl (C=O) groups is 2. The molecular weight excluding hydrogens is 316 g/mol. The summed E-state index contributed by atoms with van der Waals surface area (Å²) >= 11 is 6.80. The van der Waals surface area contributed by atoms with E-state index in [4.69, 9.17) is 4.74 Å². The molecular formula is C9H6Br2O3. The molecule has 3 aliphatic rings. The number of rotatable bonds is 0. The molecule has 4 unspecified atom stereocenters. The third-order valence-corrected chi connectivity index (χ3v) is 7.02. The Balaban J connectivity index is 2.26. The second-order valence-electron chi connectivity index (χ2n) is 3.93. The molecule has 4 atom stereocenters. The molecule has 3 rings (SSSR count). The van der Waals surface area contributed by atoms with Crippen LogP contribution >= 0.6 is 31.9 Å². The Labute approximate surface area is 97.1 Å². The van der Waals surface area contributed by atoms with E-state index in [9.17, 15) is 9.59 Å². The second-order valence-corrected chi connectivity index (χ2v) is 6.44. The summed E-state index contributed by atoms with van der Waals surface area (Å²) in [6.45, 7) is 0. The van der Waals surface area contributed by atoms with Gasteiger partial charge in [0.25, 0.3) is 0 Å². The van der Waals surface area contributed by atoms with E-state index in [2.05, 4.69) is 31.9 Å². The van der Waals surface area contributed by atoms with Gasteiger partial charge in [0, 0.05) is 11.8 Å². The van der Waals surface area contributed by atoms with Gasteiger partial charge in [-0.3, -0.25) is 0 Å². The summed E-state index contributed by atoms with van der Waals surface area (Å²) in [5.74, 6) is -0.802. The summed E-state index contributed by atoms with van der Waals surface area (Å²) in [6.07, 6.45) is 4.80.